The zero-order chi connectivity index (χ0) is 12.7. The SMILES string of the molecule is COc1cc(C(=O)O)c2[nH]c3ccccc3c2c1. The van der Waals surface area contributed by atoms with Gasteiger partial charge in [0.05, 0.1) is 18.2 Å². The van der Waals surface area contributed by atoms with Gasteiger partial charge in [-0.25, -0.2) is 4.79 Å². The van der Waals surface area contributed by atoms with Crippen LogP contribution < -0.4 is 4.74 Å². The summed E-state index contributed by atoms with van der Waals surface area (Å²) in [5.74, 6) is -0.421. The number of methoxy groups -OCH3 is 1. The van der Waals surface area contributed by atoms with E-state index in [-0.39, 0.29) is 5.56 Å². The third kappa shape index (κ3) is 1.43. The van der Waals surface area contributed by atoms with Crippen molar-refractivity contribution in [2.45, 2.75) is 0 Å². The molecular formula is C14H11NO3. The summed E-state index contributed by atoms with van der Waals surface area (Å²) in [6, 6.07) is 11.1. The van der Waals surface area contributed by atoms with E-state index in [2.05, 4.69) is 4.98 Å². The van der Waals surface area contributed by atoms with Crippen molar-refractivity contribution in [3.8, 4) is 5.75 Å². The molecule has 4 nitrogen and oxygen atoms in total. The lowest BCUT2D eigenvalue weighted by atomic mass is 10.1. The number of carboxylic acids is 1. The number of H-pyrrole nitrogens is 1. The van der Waals surface area contributed by atoms with E-state index in [1.807, 2.05) is 30.3 Å². The number of ether oxygens (including phenoxy) is 1. The minimum Gasteiger partial charge on any atom is -0.497 e. The summed E-state index contributed by atoms with van der Waals surface area (Å²) in [7, 11) is 1.53. The fourth-order valence-electron chi connectivity index (χ4n) is 2.21. The summed E-state index contributed by atoms with van der Waals surface area (Å²) in [5.41, 5.74) is 1.77. The molecule has 0 aliphatic rings. The first-order chi connectivity index (χ1) is 8.70. The second-order valence-electron chi connectivity index (χ2n) is 4.07. The molecule has 3 aromatic rings. The number of benzene rings is 2. The van der Waals surface area contributed by atoms with E-state index < -0.39 is 5.97 Å². The third-order valence-electron chi connectivity index (χ3n) is 3.05. The van der Waals surface area contributed by atoms with Gasteiger partial charge in [-0.1, -0.05) is 18.2 Å². The molecule has 0 saturated carbocycles. The van der Waals surface area contributed by atoms with Crippen LogP contribution in [0, 0.1) is 0 Å². The van der Waals surface area contributed by atoms with Gasteiger partial charge in [-0.2, -0.15) is 0 Å². The first-order valence-corrected chi connectivity index (χ1v) is 5.52. The first-order valence-electron chi connectivity index (χ1n) is 5.52. The summed E-state index contributed by atoms with van der Waals surface area (Å²) in [6.45, 7) is 0. The first kappa shape index (κ1) is 10.7. The van der Waals surface area contributed by atoms with Crippen molar-refractivity contribution in [2.24, 2.45) is 0 Å². The van der Waals surface area contributed by atoms with Crippen LogP contribution in [0.5, 0.6) is 5.75 Å². The van der Waals surface area contributed by atoms with Gasteiger partial charge in [0.2, 0.25) is 0 Å². The smallest absolute Gasteiger partial charge is 0.337 e. The Bertz CT molecular complexity index is 758. The molecule has 0 fully saturated rings. The summed E-state index contributed by atoms with van der Waals surface area (Å²) >= 11 is 0. The van der Waals surface area contributed by atoms with Gasteiger partial charge in [0.25, 0.3) is 0 Å². The quantitative estimate of drug-likeness (QED) is 0.724. The fraction of sp³-hybridized carbons (Fsp3) is 0.0714. The van der Waals surface area contributed by atoms with Gasteiger partial charge in [0.15, 0.2) is 0 Å². The molecule has 1 heterocycles. The van der Waals surface area contributed by atoms with Crippen LogP contribution in [0.25, 0.3) is 21.8 Å². The minimum absolute atomic E-state index is 0.223. The fourth-order valence-corrected chi connectivity index (χ4v) is 2.21. The Morgan fingerprint density at radius 2 is 2.00 bits per heavy atom. The topological polar surface area (TPSA) is 62.3 Å². The Balaban J connectivity index is 2.50. The van der Waals surface area contributed by atoms with E-state index in [4.69, 9.17) is 4.74 Å². The van der Waals surface area contributed by atoms with Crippen LogP contribution in [-0.4, -0.2) is 23.2 Å². The molecule has 1 aromatic heterocycles. The number of aromatic amines is 1. The lowest BCUT2D eigenvalue weighted by molar-refractivity contribution is 0.0698. The zero-order valence-electron chi connectivity index (χ0n) is 9.73. The highest BCUT2D eigenvalue weighted by molar-refractivity contribution is 6.14. The number of nitrogens with one attached hydrogen (secondary N) is 1. The number of hydrogen-bond donors (Lipinski definition) is 2. The van der Waals surface area contributed by atoms with Crippen LogP contribution in [0.4, 0.5) is 0 Å². The van der Waals surface area contributed by atoms with E-state index in [9.17, 15) is 9.90 Å². The number of aromatic nitrogens is 1. The largest absolute Gasteiger partial charge is 0.497 e. The number of aromatic carboxylic acids is 1. The Labute approximate surface area is 103 Å². The molecule has 4 heteroatoms. The van der Waals surface area contributed by atoms with E-state index in [0.717, 1.165) is 16.3 Å². The van der Waals surface area contributed by atoms with Crippen molar-refractivity contribution in [2.75, 3.05) is 7.11 Å². The average Bonchev–Trinajstić information content (AvgIpc) is 2.75. The predicted molar refractivity (Wildman–Crippen MR) is 69.3 cm³/mol. The van der Waals surface area contributed by atoms with Crippen LogP contribution in [-0.2, 0) is 0 Å². The molecule has 0 aliphatic heterocycles. The second-order valence-corrected chi connectivity index (χ2v) is 4.07. The average molecular weight is 241 g/mol. The predicted octanol–water partition coefficient (Wildman–Crippen LogP) is 3.03. The van der Waals surface area contributed by atoms with E-state index in [1.54, 1.807) is 0 Å². The number of carbonyl (C=O) groups is 1. The van der Waals surface area contributed by atoms with Crippen LogP contribution >= 0.6 is 0 Å². The van der Waals surface area contributed by atoms with E-state index in [1.165, 1.54) is 13.2 Å². The molecule has 3 rings (SSSR count). The molecular weight excluding hydrogens is 230 g/mol. The van der Waals surface area contributed by atoms with Gasteiger partial charge in [0.1, 0.15) is 5.75 Å². The molecule has 0 unspecified atom stereocenters. The number of hydrogen-bond acceptors (Lipinski definition) is 2. The van der Waals surface area contributed by atoms with Gasteiger partial charge in [-0.3, -0.25) is 0 Å². The Morgan fingerprint density at radius 1 is 1.22 bits per heavy atom. The van der Waals surface area contributed by atoms with Crippen molar-refractivity contribution < 1.29 is 14.6 Å². The molecule has 0 amide bonds. The molecule has 0 atom stereocenters. The molecule has 0 radical (unpaired) electrons. The van der Waals surface area contributed by atoms with E-state index >= 15 is 0 Å². The molecule has 90 valence electrons. The number of para-hydroxylation sites is 1. The Hall–Kier alpha value is -2.49. The highest BCUT2D eigenvalue weighted by atomic mass is 16.5. The van der Waals surface area contributed by atoms with Gasteiger partial charge in [0, 0.05) is 16.3 Å². The molecule has 18 heavy (non-hydrogen) atoms. The maximum atomic E-state index is 11.3. The normalized spacial score (nSPS) is 10.9. The van der Waals surface area contributed by atoms with Gasteiger partial charge >= 0.3 is 5.97 Å². The van der Waals surface area contributed by atoms with Crippen LogP contribution in [0.15, 0.2) is 36.4 Å². The maximum Gasteiger partial charge on any atom is 0.337 e. The maximum absolute atomic E-state index is 11.3. The second kappa shape index (κ2) is 3.77. The molecule has 0 saturated heterocycles. The highest BCUT2D eigenvalue weighted by Crippen LogP contribution is 2.31. The van der Waals surface area contributed by atoms with Crippen LogP contribution in [0.2, 0.25) is 0 Å². The van der Waals surface area contributed by atoms with Gasteiger partial charge in [-0.05, 0) is 18.2 Å². The highest BCUT2D eigenvalue weighted by Gasteiger charge is 2.14. The van der Waals surface area contributed by atoms with Gasteiger partial charge in [-0.15, -0.1) is 0 Å². The molecule has 2 aromatic carbocycles. The zero-order valence-corrected chi connectivity index (χ0v) is 9.73. The molecule has 0 aliphatic carbocycles. The number of rotatable bonds is 2. The molecule has 2 N–H and O–H groups in total. The van der Waals surface area contributed by atoms with Crippen molar-refractivity contribution in [3.63, 3.8) is 0 Å². The summed E-state index contributed by atoms with van der Waals surface area (Å²) < 4.78 is 5.15. The molecule has 0 bridgehead atoms. The standard InChI is InChI=1S/C14H11NO3/c1-18-8-6-10-9-4-2-3-5-12(9)15-13(10)11(7-8)14(16)17/h2-7,15H,1H3,(H,16,17). The van der Waals surface area contributed by atoms with Gasteiger partial charge < -0.3 is 14.8 Å². The van der Waals surface area contributed by atoms with Crippen molar-refractivity contribution in [1.82, 2.24) is 4.98 Å². The monoisotopic (exact) mass is 241 g/mol. The number of carboxylic acid groups (broad SMARTS) is 1. The number of fused-ring (bicyclic) bond motifs is 3. The lowest BCUT2D eigenvalue weighted by Gasteiger charge is -2.03. The minimum atomic E-state index is -0.967. The summed E-state index contributed by atoms with van der Waals surface area (Å²) in [5, 5.41) is 11.1. The van der Waals surface area contributed by atoms with Crippen molar-refractivity contribution >= 4 is 27.8 Å². The Kier molecular flexibility index (Phi) is 2.23. The van der Waals surface area contributed by atoms with Crippen molar-refractivity contribution in [1.29, 1.82) is 0 Å². The van der Waals surface area contributed by atoms with Crippen LogP contribution in [0.3, 0.4) is 0 Å². The van der Waals surface area contributed by atoms with Crippen LogP contribution in [0.1, 0.15) is 10.4 Å². The molecule has 0 spiro atoms. The third-order valence-corrected chi connectivity index (χ3v) is 3.05. The van der Waals surface area contributed by atoms with Crippen molar-refractivity contribution in [3.05, 3.63) is 42.0 Å². The summed E-state index contributed by atoms with van der Waals surface area (Å²) in [4.78, 5) is 14.4. The Morgan fingerprint density at radius 3 is 2.72 bits per heavy atom. The van der Waals surface area contributed by atoms with E-state index in [0.29, 0.717) is 11.3 Å². The lowest BCUT2D eigenvalue weighted by Crippen LogP contribution is -1.98. The summed E-state index contributed by atoms with van der Waals surface area (Å²) in [6.07, 6.45) is 0.